The summed E-state index contributed by atoms with van der Waals surface area (Å²) in [7, 11) is 0. The molecule has 8 nitrogen and oxygen atoms in total. The van der Waals surface area contributed by atoms with Gasteiger partial charge in [0.15, 0.2) is 0 Å². The van der Waals surface area contributed by atoms with Gasteiger partial charge in [-0.15, -0.1) is 0 Å². The van der Waals surface area contributed by atoms with Crippen LogP contribution >= 0.6 is 0 Å². The highest BCUT2D eigenvalue weighted by atomic mass is 16.2. The van der Waals surface area contributed by atoms with Crippen LogP contribution in [0.2, 0.25) is 0 Å². The van der Waals surface area contributed by atoms with E-state index in [1.54, 1.807) is 9.80 Å². The van der Waals surface area contributed by atoms with E-state index in [-0.39, 0.29) is 23.7 Å². The fourth-order valence-electron chi connectivity index (χ4n) is 4.20. The first kappa shape index (κ1) is 18.7. The Balaban J connectivity index is 1.44. The smallest absolute Gasteiger partial charge is 0.225 e. The molecule has 26 heavy (non-hydrogen) atoms. The molecule has 0 aromatic heterocycles. The number of hydrogen-bond donors (Lipinski definition) is 0. The van der Waals surface area contributed by atoms with Crippen molar-refractivity contribution < 1.29 is 19.2 Å². The zero-order valence-corrected chi connectivity index (χ0v) is 15.2. The molecule has 2 saturated heterocycles. The molecule has 3 aliphatic rings. The standard InChI is InChI=1S/C18H28N4O4/c23-13-19-5-9-21(10-6-19)17(25)15-1-2-16(4-3-15)18(26)22-11-7-20(14-24)8-12-22/h13-16H,1-12H2. The molecule has 0 bridgehead atoms. The SMILES string of the molecule is O=CN1CCN(C(=O)C2CCC(C(=O)N3CCN(C=O)CC3)CC2)CC1. The largest absolute Gasteiger partial charge is 0.342 e. The second kappa shape index (κ2) is 8.51. The predicted octanol–water partition coefficient (Wildman–Crippen LogP) is -0.606. The van der Waals surface area contributed by atoms with Gasteiger partial charge in [0.05, 0.1) is 0 Å². The van der Waals surface area contributed by atoms with E-state index < -0.39 is 0 Å². The first-order valence-corrected chi connectivity index (χ1v) is 9.58. The minimum absolute atomic E-state index is 0.00809. The Morgan fingerprint density at radius 2 is 0.885 bits per heavy atom. The van der Waals surface area contributed by atoms with Crippen molar-refractivity contribution in [2.24, 2.45) is 11.8 Å². The third kappa shape index (κ3) is 4.16. The van der Waals surface area contributed by atoms with Crippen molar-refractivity contribution in [3.05, 3.63) is 0 Å². The van der Waals surface area contributed by atoms with E-state index in [1.807, 2.05) is 9.80 Å². The Labute approximate surface area is 154 Å². The van der Waals surface area contributed by atoms with Crippen molar-refractivity contribution in [2.75, 3.05) is 52.4 Å². The maximum atomic E-state index is 12.7. The number of carbonyl (C=O) groups is 4. The van der Waals surface area contributed by atoms with Crippen molar-refractivity contribution in [1.82, 2.24) is 19.6 Å². The van der Waals surface area contributed by atoms with E-state index >= 15 is 0 Å². The first-order chi connectivity index (χ1) is 12.6. The van der Waals surface area contributed by atoms with Crippen molar-refractivity contribution >= 4 is 24.6 Å². The Kier molecular flexibility index (Phi) is 6.11. The average molecular weight is 364 g/mol. The quantitative estimate of drug-likeness (QED) is 0.624. The molecule has 0 spiro atoms. The van der Waals surface area contributed by atoms with Gasteiger partial charge in [-0.05, 0) is 25.7 Å². The molecule has 0 aromatic rings. The van der Waals surface area contributed by atoms with Gasteiger partial charge < -0.3 is 19.6 Å². The van der Waals surface area contributed by atoms with Crippen LogP contribution in [-0.2, 0) is 19.2 Å². The third-order valence-corrected chi connectivity index (χ3v) is 5.98. The molecule has 4 amide bonds. The normalized spacial score (nSPS) is 27.2. The molecule has 144 valence electrons. The summed E-state index contributed by atoms with van der Waals surface area (Å²) in [5.41, 5.74) is 0. The van der Waals surface area contributed by atoms with Crippen LogP contribution in [0.5, 0.6) is 0 Å². The summed E-state index contributed by atoms with van der Waals surface area (Å²) in [6, 6.07) is 0. The lowest BCUT2D eigenvalue weighted by Gasteiger charge is -2.38. The Morgan fingerprint density at radius 3 is 1.15 bits per heavy atom. The summed E-state index contributed by atoms with van der Waals surface area (Å²) < 4.78 is 0. The van der Waals surface area contributed by atoms with Crippen LogP contribution in [0.3, 0.4) is 0 Å². The second-order valence-electron chi connectivity index (χ2n) is 7.48. The minimum Gasteiger partial charge on any atom is -0.342 e. The Bertz CT molecular complexity index is 483. The highest BCUT2D eigenvalue weighted by Crippen LogP contribution is 2.31. The number of nitrogens with zero attached hydrogens (tertiary/aromatic N) is 4. The summed E-state index contributed by atoms with van der Waals surface area (Å²) in [6.07, 6.45) is 4.73. The van der Waals surface area contributed by atoms with Crippen LogP contribution in [0, 0.1) is 11.8 Å². The fraction of sp³-hybridized carbons (Fsp3) is 0.778. The van der Waals surface area contributed by atoms with Crippen molar-refractivity contribution in [2.45, 2.75) is 25.7 Å². The van der Waals surface area contributed by atoms with Crippen molar-refractivity contribution in [1.29, 1.82) is 0 Å². The molecule has 0 aromatic carbocycles. The van der Waals surface area contributed by atoms with Crippen molar-refractivity contribution in [3.63, 3.8) is 0 Å². The molecule has 2 heterocycles. The molecule has 2 aliphatic heterocycles. The molecule has 0 unspecified atom stereocenters. The van der Waals surface area contributed by atoms with Gasteiger partial charge in [-0.1, -0.05) is 0 Å². The number of carbonyl (C=O) groups excluding carboxylic acids is 4. The molecule has 0 radical (unpaired) electrons. The van der Waals surface area contributed by atoms with Gasteiger partial charge in [-0.25, -0.2) is 0 Å². The number of piperazine rings is 2. The molecular formula is C18H28N4O4. The molecule has 3 rings (SSSR count). The maximum absolute atomic E-state index is 12.7. The maximum Gasteiger partial charge on any atom is 0.225 e. The summed E-state index contributed by atoms with van der Waals surface area (Å²) >= 11 is 0. The highest BCUT2D eigenvalue weighted by molar-refractivity contribution is 5.81. The van der Waals surface area contributed by atoms with Gasteiger partial charge in [0.2, 0.25) is 24.6 Å². The lowest BCUT2D eigenvalue weighted by atomic mass is 9.80. The van der Waals surface area contributed by atoms with E-state index in [1.165, 1.54) is 0 Å². The molecule has 1 aliphatic carbocycles. The summed E-state index contributed by atoms with van der Waals surface area (Å²) in [5, 5.41) is 0. The topological polar surface area (TPSA) is 81.2 Å². The lowest BCUT2D eigenvalue weighted by Crippen LogP contribution is -2.51. The van der Waals surface area contributed by atoms with Crippen LogP contribution in [0.4, 0.5) is 0 Å². The minimum atomic E-state index is 0.00809. The van der Waals surface area contributed by atoms with E-state index in [9.17, 15) is 19.2 Å². The Hall–Kier alpha value is -2.12. The van der Waals surface area contributed by atoms with E-state index in [2.05, 4.69) is 0 Å². The number of amides is 4. The third-order valence-electron chi connectivity index (χ3n) is 5.98. The highest BCUT2D eigenvalue weighted by Gasteiger charge is 2.35. The molecular weight excluding hydrogens is 336 g/mol. The van der Waals surface area contributed by atoms with E-state index in [4.69, 9.17) is 0 Å². The zero-order chi connectivity index (χ0) is 18.5. The number of hydrogen-bond acceptors (Lipinski definition) is 4. The molecule has 8 heteroatoms. The van der Waals surface area contributed by atoms with Gasteiger partial charge in [-0.3, -0.25) is 19.2 Å². The monoisotopic (exact) mass is 364 g/mol. The van der Waals surface area contributed by atoms with Crippen molar-refractivity contribution in [3.8, 4) is 0 Å². The summed E-state index contributed by atoms with van der Waals surface area (Å²) in [4.78, 5) is 54.0. The van der Waals surface area contributed by atoms with Gasteiger partial charge in [-0.2, -0.15) is 0 Å². The molecule has 3 fully saturated rings. The van der Waals surface area contributed by atoms with E-state index in [0.717, 1.165) is 38.5 Å². The predicted molar refractivity (Wildman–Crippen MR) is 93.9 cm³/mol. The van der Waals surface area contributed by atoms with Crippen LogP contribution < -0.4 is 0 Å². The average Bonchev–Trinajstić information content (AvgIpc) is 2.73. The Morgan fingerprint density at radius 1 is 0.577 bits per heavy atom. The van der Waals surface area contributed by atoms with Crippen LogP contribution in [-0.4, -0.2) is 96.6 Å². The zero-order valence-electron chi connectivity index (χ0n) is 15.2. The van der Waals surface area contributed by atoms with E-state index in [0.29, 0.717) is 52.4 Å². The van der Waals surface area contributed by atoms with Crippen LogP contribution in [0.15, 0.2) is 0 Å². The van der Waals surface area contributed by atoms with Crippen LogP contribution in [0.1, 0.15) is 25.7 Å². The van der Waals surface area contributed by atoms with Gasteiger partial charge in [0.25, 0.3) is 0 Å². The molecule has 0 N–H and O–H groups in total. The number of rotatable bonds is 4. The summed E-state index contributed by atoms with van der Waals surface area (Å²) in [5.74, 6) is 0.379. The first-order valence-electron chi connectivity index (χ1n) is 9.58. The lowest BCUT2D eigenvalue weighted by molar-refractivity contribution is -0.144. The fourth-order valence-corrected chi connectivity index (χ4v) is 4.20. The van der Waals surface area contributed by atoms with Gasteiger partial charge in [0, 0.05) is 64.2 Å². The molecule has 1 saturated carbocycles. The van der Waals surface area contributed by atoms with Gasteiger partial charge >= 0.3 is 0 Å². The molecule has 0 atom stereocenters. The summed E-state index contributed by atoms with van der Waals surface area (Å²) in [6.45, 7) is 4.86. The second-order valence-corrected chi connectivity index (χ2v) is 7.48. The van der Waals surface area contributed by atoms with Gasteiger partial charge in [0.1, 0.15) is 0 Å². The van der Waals surface area contributed by atoms with Crippen LogP contribution in [0.25, 0.3) is 0 Å².